The fraction of sp³-hybridized carbons (Fsp3) is 0.333. The summed E-state index contributed by atoms with van der Waals surface area (Å²) < 4.78 is 43.8. The predicted molar refractivity (Wildman–Crippen MR) is 95.9 cm³/mol. The Morgan fingerprint density at radius 2 is 1.64 bits per heavy atom. The Hall–Kier alpha value is -2.25. The van der Waals surface area contributed by atoms with Crippen LogP contribution >= 0.6 is 0 Å². The van der Waals surface area contributed by atoms with Crippen molar-refractivity contribution >= 4 is 10.0 Å². The van der Waals surface area contributed by atoms with Crippen molar-refractivity contribution in [2.24, 2.45) is 0 Å². The number of rotatable bonds is 8. The molecule has 2 aromatic rings. The first-order chi connectivity index (χ1) is 11.9. The number of methoxy groups -OCH3 is 2. The van der Waals surface area contributed by atoms with Crippen molar-refractivity contribution in [1.29, 1.82) is 0 Å². The van der Waals surface area contributed by atoms with Crippen molar-refractivity contribution in [3.05, 3.63) is 48.0 Å². The van der Waals surface area contributed by atoms with E-state index >= 15 is 0 Å². The first-order valence-electron chi connectivity index (χ1n) is 7.88. The zero-order chi connectivity index (χ0) is 18.4. The largest absolute Gasteiger partial charge is 0.497 e. The van der Waals surface area contributed by atoms with E-state index < -0.39 is 16.1 Å². The minimum absolute atomic E-state index is 0.171. The molecule has 0 aromatic heterocycles. The molecule has 0 aliphatic carbocycles. The highest BCUT2D eigenvalue weighted by atomic mass is 32.2. The number of sulfonamides is 1. The first kappa shape index (κ1) is 19.1. The number of nitrogens with one attached hydrogen (secondary N) is 1. The lowest BCUT2D eigenvalue weighted by Crippen LogP contribution is -2.27. The summed E-state index contributed by atoms with van der Waals surface area (Å²) in [5.74, 6) is 1.84. The minimum Gasteiger partial charge on any atom is -0.497 e. The van der Waals surface area contributed by atoms with Gasteiger partial charge in [0.05, 0.1) is 25.7 Å². The van der Waals surface area contributed by atoms with E-state index in [0.717, 1.165) is 0 Å². The zero-order valence-corrected chi connectivity index (χ0v) is 15.6. The van der Waals surface area contributed by atoms with Crippen LogP contribution in [-0.2, 0) is 10.0 Å². The Kier molecular flexibility index (Phi) is 6.27. The highest BCUT2D eigenvalue weighted by Crippen LogP contribution is 2.30. The molecule has 0 amide bonds. The molecule has 0 radical (unpaired) electrons. The molecule has 6 nitrogen and oxygen atoms in total. The molecular formula is C18H23NO5S. The molecule has 136 valence electrons. The molecular weight excluding hydrogens is 342 g/mol. The molecule has 0 aliphatic heterocycles. The summed E-state index contributed by atoms with van der Waals surface area (Å²) in [6, 6.07) is 11.1. The third-order valence-electron chi connectivity index (χ3n) is 3.68. The Morgan fingerprint density at radius 1 is 1.00 bits per heavy atom. The standard InChI is InChI=1S/C18H23NO5S/c1-5-24-14-6-9-16(10-7-14)25(20,21)19-13(2)17-12-15(22-3)8-11-18(17)23-4/h6-13,19H,5H2,1-4H3/t13-/m1/s1. The zero-order valence-electron chi connectivity index (χ0n) is 14.8. The van der Waals surface area contributed by atoms with E-state index in [4.69, 9.17) is 14.2 Å². The van der Waals surface area contributed by atoms with Crippen LogP contribution < -0.4 is 18.9 Å². The number of hydrogen-bond acceptors (Lipinski definition) is 5. The number of hydrogen-bond donors (Lipinski definition) is 1. The van der Waals surface area contributed by atoms with Crippen molar-refractivity contribution in [2.75, 3.05) is 20.8 Å². The van der Waals surface area contributed by atoms with Gasteiger partial charge in [-0.25, -0.2) is 13.1 Å². The summed E-state index contributed by atoms with van der Waals surface area (Å²) >= 11 is 0. The van der Waals surface area contributed by atoms with Crippen LogP contribution in [0.15, 0.2) is 47.4 Å². The van der Waals surface area contributed by atoms with Gasteiger partial charge in [-0.1, -0.05) is 0 Å². The highest BCUT2D eigenvalue weighted by molar-refractivity contribution is 7.89. The second-order valence-electron chi connectivity index (χ2n) is 5.36. The van der Waals surface area contributed by atoms with E-state index in [1.165, 1.54) is 12.1 Å². The molecule has 0 aliphatic rings. The molecule has 2 rings (SSSR count). The Bertz CT molecular complexity index is 803. The van der Waals surface area contributed by atoms with Crippen molar-refractivity contribution in [3.63, 3.8) is 0 Å². The van der Waals surface area contributed by atoms with Crippen molar-refractivity contribution < 1.29 is 22.6 Å². The first-order valence-corrected chi connectivity index (χ1v) is 9.36. The Balaban J connectivity index is 2.25. The maximum Gasteiger partial charge on any atom is 0.241 e. The molecule has 1 N–H and O–H groups in total. The predicted octanol–water partition coefficient (Wildman–Crippen LogP) is 3.14. The lowest BCUT2D eigenvalue weighted by molar-refractivity contribution is 0.340. The molecule has 2 aromatic carbocycles. The van der Waals surface area contributed by atoms with E-state index in [9.17, 15) is 8.42 Å². The summed E-state index contributed by atoms with van der Waals surface area (Å²) in [6.07, 6.45) is 0. The fourth-order valence-corrected chi connectivity index (χ4v) is 3.65. The SMILES string of the molecule is CCOc1ccc(S(=O)(=O)N[C@H](C)c2cc(OC)ccc2OC)cc1. The third-order valence-corrected chi connectivity index (χ3v) is 5.24. The van der Waals surface area contributed by atoms with E-state index in [1.807, 2.05) is 6.92 Å². The van der Waals surface area contributed by atoms with Crippen LogP contribution in [0.2, 0.25) is 0 Å². The van der Waals surface area contributed by atoms with Crippen LogP contribution in [0, 0.1) is 0 Å². The van der Waals surface area contributed by atoms with Crippen molar-refractivity contribution in [3.8, 4) is 17.2 Å². The van der Waals surface area contributed by atoms with Gasteiger partial charge in [0.15, 0.2) is 0 Å². The van der Waals surface area contributed by atoms with Gasteiger partial charge in [-0.2, -0.15) is 0 Å². The van der Waals surface area contributed by atoms with Gasteiger partial charge in [-0.05, 0) is 56.3 Å². The maximum absolute atomic E-state index is 12.6. The lowest BCUT2D eigenvalue weighted by atomic mass is 10.1. The van der Waals surface area contributed by atoms with Gasteiger partial charge in [-0.3, -0.25) is 0 Å². The van der Waals surface area contributed by atoms with Crippen LogP contribution in [0.25, 0.3) is 0 Å². The monoisotopic (exact) mass is 365 g/mol. The molecule has 0 fully saturated rings. The van der Waals surface area contributed by atoms with E-state index in [0.29, 0.717) is 29.4 Å². The van der Waals surface area contributed by atoms with Gasteiger partial charge >= 0.3 is 0 Å². The molecule has 25 heavy (non-hydrogen) atoms. The molecule has 0 bridgehead atoms. The Morgan fingerprint density at radius 3 is 2.20 bits per heavy atom. The van der Waals surface area contributed by atoms with Gasteiger partial charge in [0.1, 0.15) is 17.2 Å². The van der Waals surface area contributed by atoms with Crippen molar-refractivity contribution in [1.82, 2.24) is 4.72 Å². The summed E-state index contributed by atoms with van der Waals surface area (Å²) in [6.45, 7) is 4.15. The molecule has 0 spiro atoms. The average Bonchev–Trinajstić information content (AvgIpc) is 2.61. The van der Waals surface area contributed by atoms with E-state index in [2.05, 4.69) is 4.72 Å². The Labute approximate surface area is 148 Å². The summed E-state index contributed by atoms with van der Waals surface area (Å²) in [5.41, 5.74) is 0.691. The average molecular weight is 365 g/mol. The molecule has 0 saturated carbocycles. The smallest absolute Gasteiger partial charge is 0.241 e. The van der Waals surface area contributed by atoms with Gasteiger partial charge in [-0.15, -0.1) is 0 Å². The fourth-order valence-electron chi connectivity index (χ4n) is 2.42. The van der Waals surface area contributed by atoms with Crippen LogP contribution in [0.5, 0.6) is 17.2 Å². The topological polar surface area (TPSA) is 73.9 Å². The summed E-state index contributed by atoms with van der Waals surface area (Å²) in [4.78, 5) is 0.171. The van der Waals surface area contributed by atoms with Crippen LogP contribution in [0.3, 0.4) is 0 Å². The summed E-state index contributed by atoms with van der Waals surface area (Å²) in [7, 11) is -0.589. The van der Waals surface area contributed by atoms with Gasteiger partial charge in [0, 0.05) is 11.6 Å². The third kappa shape index (κ3) is 4.64. The van der Waals surface area contributed by atoms with Gasteiger partial charge in [0.25, 0.3) is 0 Å². The normalized spacial score (nSPS) is 12.5. The van der Waals surface area contributed by atoms with Crippen molar-refractivity contribution in [2.45, 2.75) is 24.8 Å². The van der Waals surface area contributed by atoms with Gasteiger partial charge in [0.2, 0.25) is 10.0 Å². The molecule has 1 atom stereocenters. The maximum atomic E-state index is 12.6. The number of benzene rings is 2. The van der Waals surface area contributed by atoms with E-state index in [-0.39, 0.29) is 4.90 Å². The molecule has 0 heterocycles. The molecule has 0 unspecified atom stereocenters. The minimum atomic E-state index is -3.69. The van der Waals surface area contributed by atoms with Crippen LogP contribution in [0.4, 0.5) is 0 Å². The number of ether oxygens (including phenoxy) is 3. The molecule has 0 saturated heterocycles. The summed E-state index contributed by atoms with van der Waals surface area (Å²) in [5, 5.41) is 0. The second-order valence-corrected chi connectivity index (χ2v) is 7.07. The van der Waals surface area contributed by atoms with Gasteiger partial charge < -0.3 is 14.2 Å². The molecule has 7 heteroatoms. The lowest BCUT2D eigenvalue weighted by Gasteiger charge is -2.18. The van der Waals surface area contributed by atoms with E-state index in [1.54, 1.807) is 51.5 Å². The van der Waals surface area contributed by atoms with Crippen LogP contribution in [0.1, 0.15) is 25.5 Å². The van der Waals surface area contributed by atoms with Crippen LogP contribution in [-0.4, -0.2) is 29.2 Å². The second kappa shape index (κ2) is 8.22. The quantitative estimate of drug-likeness (QED) is 0.778. The highest BCUT2D eigenvalue weighted by Gasteiger charge is 2.21.